The molecule has 130 valence electrons. The van der Waals surface area contributed by atoms with E-state index in [9.17, 15) is 9.59 Å². The number of carbonyl (C=O) groups is 2. The van der Waals surface area contributed by atoms with E-state index in [1.807, 2.05) is 35.2 Å². The molecule has 5 nitrogen and oxygen atoms in total. The number of piperidine rings is 1. The third kappa shape index (κ3) is 4.15. The Bertz CT molecular complexity index is 567. The summed E-state index contributed by atoms with van der Waals surface area (Å²) >= 11 is 0. The molecule has 2 fully saturated rings. The van der Waals surface area contributed by atoms with Crippen molar-refractivity contribution >= 4 is 11.8 Å². The van der Waals surface area contributed by atoms with Crippen LogP contribution in [0.15, 0.2) is 30.3 Å². The second kappa shape index (κ2) is 7.79. The summed E-state index contributed by atoms with van der Waals surface area (Å²) in [7, 11) is 0. The molecular weight excluding hydrogens is 302 g/mol. The van der Waals surface area contributed by atoms with Gasteiger partial charge in [0, 0.05) is 36.7 Å². The van der Waals surface area contributed by atoms with Gasteiger partial charge in [-0.25, -0.2) is 0 Å². The molecule has 2 aliphatic rings. The molecule has 2 unspecified atom stereocenters. The first-order chi connectivity index (χ1) is 11.6. The van der Waals surface area contributed by atoms with Crippen LogP contribution in [0.3, 0.4) is 0 Å². The lowest BCUT2D eigenvalue weighted by molar-refractivity contribution is -0.127. The number of benzene rings is 1. The van der Waals surface area contributed by atoms with Crippen LogP contribution in [0, 0.1) is 5.92 Å². The van der Waals surface area contributed by atoms with E-state index in [2.05, 4.69) is 5.32 Å². The highest BCUT2D eigenvalue weighted by Crippen LogP contribution is 2.24. The highest BCUT2D eigenvalue weighted by Gasteiger charge is 2.29. The molecule has 1 saturated heterocycles. The Morgan fingerprint density at radius 3 is 2.42 bits per heavy atom. The van der Waals surface area contributed by atoms with Crippen LogP contribution in [0.25, 0.3) is 0 Å². The fraction of sp³-hybridized carbons (Fsp3) is 0.579. The van der Waals surface area contributed by atoms with Crippen molar-refractivity contribution in [2.75, 3.05) is 13.1 Å². The van der Waals surface area contributed by atoms with Crippen LogP contribution in [0.4, 0.5) is 0 Å². The molecule has 1 saturated carbocycles. The van der Waals surface area contributed by atoms with Gasteiger partial charge in [0.15, 0.2) is 0 Å². The van der Waals surface area contributed by atoms with E-state index in [0.29, 0.717) is 13.1 Å². The number of hydrogen-bond donors (Lipinski definition) is 2. The number of hydrogen-bond acceptors (Lipinski definition) is 3. The maximum Gasteiger partial charge on any atom is 0.253 e. The Morgan fingerprint density at radius 2 is 1.75 bits per heavy atom. The second-order valence-corrected chi connectivity index (χ2v) is 7.06. The Labute approximate surface area is 143 Å². The molecule has 0 bridgehead atoms. The molecule has 1 aliphatic heterocycles. The predicted molar refractivity (Wildman–Crippen MR) is 93.4 cm³/mol. The Morgan fingerprint density at radius 1 is 1.04 bits per heavy atom. The van der Waals surface area contributed by atoms with Gasteiger partial charge < -0.3 is 16.0 Å². The molecule has 1 aliphatic carbocycles. The largest absolute Gasteiger partial charge is 0.353 e. The van der Waals surface area contributed by atoms with Crippen LogP contribution in [-0.4, -0.2) is 41.9 Å². The minimum absolute atomic E-state index is 0.0673. The summed E-state index contributed by atoms with van der Waals surface area (Å²) < 4.78 is 0. The molecule has 0 radical (unpaired) electrons. The van der Waals surface area contributed by atoms with Crippen molar-refractivity contribution in [3.63, 3.8) is 0 Å². The van der Waals surface area contributed by atoms with Gasteiger partial charge in [-0.15, -0.1) is 0 Å². The fourth-order valence-electron chi connectivity index (χ4n) is 3.77. The summed E-state index contributed by atoms with van der Waals surface area (Å²) in [5, 5.41) is 3.18. The minimum atomic E-state index is 0.0673. The highest BCUT2D eigenvalue weighted by molar-refractivity contribution is 5.94. The minimum Gasteiger partial charge on any atom is -0.353 e. The second-order valence-electron chi connectivity index (χ2n) is 7.06. The van der Waals surface area contributed by atoms with Gasteiger partial charge in [0.05, 0.1) is 0 Å². The van der Waals surface area contributed by atoms with Crippen molar-refractivity contribution < 1.29 is 9.59 Å². The van der Waals surface area contributed by atoms with E-state index >= 15 is 0 Å². The third-order valence-corrected chi connectivity index (χ3v) is 5.23. The van der Waals surface area contributed by atoms with E-state index in [4.69, 9.17) is 5.73 Å². The summed E-state index contributed by atoms with van der Waals surface area (Å²) in [6.07, 6.45) is 5.47. The molecule has 2 amide bonds. The number of rotatable bonds is 3. The van der Waals surface area contributed by atoms with Crippen LogP contribution in [0.5, 0.6) is 0 Å². The Kier molecular flexibility index (Phi) is 5.51. The van der Waals surface area contributed by atoms with Crippen LogP contribution < -0.4 is 11.1 Å². The van der Waals surface area contributed by atoms with Crippen molar-refractivity contribution in [1.82, 2.24) is 10.2 Å². The molecule has 0 aromatic heterocycles. The summed E-state index contributed by atoms with van der Waals surface area (Å²) in [6.45, 7) is 1.39. The maximum atomic E-state index is 12.4. The van der Waals surface area contributed by atoms with Crippen LogP contribution in [-0.2, 0) is 4.79 Å². The lowest BCUT2D eigenvalue weighted by Crippen LogP contribution is -2.48. The number of likely N-dealkylation sites (tertiary alicyclic amines) is 1. The first kappa shape index (κ1) is 17.0. The number of carbonyl (C=O) groups excluding carboxylic acids is 2. The summed E-state index contributed by atoms with van der Waals surface area (Å²) in [5.41, 5.74) is 6.71. The van der Waals surface area contributed by atoms with Crippen molar-refractivity contribution in [3.8, 4) is 0 Å². The monoisotopic (exact) mass is 329 g/mol. The highest BCUT2D eigenvalue weighted by atomic mass is 16.2. The number of amides is 2. The molecule has 1 heterocycles. The van der Waals surface area contributed by atoms with Gasteiger partial charge in [0.2, 0.25) is 5.91 Å². The zero-order valence-electron chi connectivity index (χ0n) is 14.1. The van der Waals surface area contributed by atoms with E-state index in [1.165, 1.54) is 0 Å². The third-order valence-electron chi connectivity index (χ3n) is 5.23. The maximum absolute atomic E-state index is 12.4. The standard InChI is InChI=1S/C19H27N3O2/c20-16-8-4-7-15(13-16)18(23)21-17-9-11-22(12-10-17)19(24)14-5-2-1-3-6-14/h1-3,5-6,15-17H,4,7-13,20H2,(H,21,23). The van der Waals surface area contributed by atoms with E-state index in [-0.39, 0.29) is 29.8 Å². The zero-order chi connectivity index (χ0) is 16.9. The smallest absolute Gasteiger partial charge is 0.253 e. The average molecular weight is 329 g/mol. The van der Waals surface area contributed by atoms with Gasteiger partial charge in [-0.05, 0) is 44.2 Å². The molecule has 3 N–H and O–H groups in total. The number of nitrogens with one attached hydrogen (secondary N) is 1. The van der Waals surface area contributed by atoms with Crippen LogP contribution in [0.1, 0.15) is 48.9 Å². The number of nitrogens with two attached hydrogens (primary N) is 1. The van der Waals surface area contributed by atoms with Crippen molar-refractivity contribution in [3.05, 3.63) is 35.9 Å². The molecule has 5 heteroatoms. The van der Waals surface area contributed by atoms with E-state index in [1.54, 1.807) is 0 Å². The number of nitrogens with zero attached hydrogens (tertiary/aromatic N) is 1. The molecule has 2 atom stereocenters. The Balaban J connectivity index is 1.47. The fourth-order valence-corrected chi connectivity index (χ4v) is 3.77. The zero-order valence-corrected chi connectivity index (χ0v) is 14.1. The summed E-state index contributed by atoms with van der Waals surface area (Å²) in [5.74, 6) is 0.300. The quantitative estimate of drug-likeness (QED) is 0.890. The topological polar surface area (TPSA) is 75.4 Å². The van der Waals surface area contributed by atoms with Gasteiger partial charge in [0.25, 0.3) is 5.91 Å². The van der Waals surface area contributed by atoms with Gasteiger partial charge in [-0.2, -0.15) is 0 Å². The van der Waals surface area contributed by atoms with Crippen molar-refractivity contribution in [1.29, 1.82) is 0 Å². The van der Waals surface area contributed by atoms with Crippen molar-refractivity contribution in [2.24, 2.45) is 11.7 Å². The molecular formula is C19H27N3O2. The first-order valence-electron chi connectivity index (χ1n) is 9.04. The predicted octanol–water partition coefficient (Wildman–Crippen LogP) is 1.92. The van der Waals surface area contributed by atoms with E-state index < -0.39 is 0 Å². The van der Waals surface area contributed by atoms with Crippen LogP contribution >= 0.6 is 0 Å². The van der Waals surface area contributed by atoms with Gasteiger partial charge in [-0.3, -0.25) is 9.59 Å². The lowest BCUT2D eigenvalue weighted by atomic mass is 9.85. The molecule has 1 aromatic rings. The summed E-state index contributed by atoms with van der Waals surface area (Å²) in [6, 6.07) is 9.72. The first-order valence-corrected chi connectivity index (χ1v) is 9.04. The van der Waals surface area contributed by atoms with Crippen LogP contribution in [0.2, 0.25) is 0 Å². The van der Waals surface area contributed by atoms with Gasteiger partial charge in [-0.1, -0.05) is 24.6 Å². The summed E-state index contributed by atoms with van der Waals surface area (Å²) in [4.78, 5) is 26.7. The molecule has 1 aromatic carbocycles. The molecule has 24 heavy (non-hydrogen) atoms. The van der Waals surface area contributed by atoms with Gasteiger partial charge in [0.1, 0.15) is 0 Å². The Hall–Kier alpha value is -1.88. The van der Waals surface area contributed by atoms with Crippen molar-refractivity contribution in [2.45, 2.75) is 50.6 Å². The molecule has 0 spiro atoms. The molecule has 3 rings (SSSR count). The van der Waals surface area contributed by atoms with E-state index in [0.717, 1.165) is 44.1 Å². The SMILES string of the molecule is NC1CCCC(C(=O)NC2CCN(C(=O)c3ccccc3)CC2)C1. The van der Waals surface area contributed by atoms with Gasteiger partial charge >= 0.3 is 0 Å². The normalized spacial score (nSPS) is 25.3. The average Bonchev–Trinajstić information content (AvgIpc) is 2.62. The lowest BCUT2D eigenvalue weighted by Gasteiger charge is -2.34.